The summed E-state index contributed by atoms with van der Waals surface area (Å²) in [4.78, 5) is 13.5. The van der Waals surface area contributed by atoms with Crippen LogP contribution in [0.5, 0.6) is 0 Å². The molecule has 20 heavy (non-hydrogen) atoms. The van der Waals surface area contributed by atoms with Crippen LogP contribution >= 0.6 is 0 Å². The van der Waals surface area contributed by atoms with E-state index in [1.54, 1.807) is 12.4 Å². The van der Waals surface area contributed by atoms with Gasteiger partial charge in [0.05, 0.1) is 11.2 Å². The van der Waals surface area contributed by atoms with Crippen molar-refractivity contribution < 1.29 is 0 Å². The number of hydrogen-bond acceptors (Lipinski definition) is 3. The van der Waals surface area contributed by atoms with E-state index in [-0.39, 0.29) is 5.41 Å². The highest BCUT2D eigenvalue weighted by Crippen LogP contribution is 2.29. The summed E-state index contributed by atoms with van der Waals surface area (Å²) in [7, 11) is 0. The Bertz CT molecular complexity index is 743. The van der Waals surface area contributed by atoms with Gasteiger partial charge in [0, 0.05) is 28.8 Å². The lowest BCUT2D eigenvalue weighted by Gasteiger charge is -2.20. The van der Waals surface area contributed by atoms with Gasteiger partial charge in [-0.3, -0.25) is 4.98 Å². The second-order valence-electron chi connectivity index (χ2n) is 5.90. The highest BCUT2D eigenvalue weighted by Gasteiger charge is 2.20. The molecule has 0 atom stereocenters. The van der Waals surface area contributed by atoms with Crippen LogP contribution in [0.25, 0.3) is 22.3 Å². The molecule has 3 aromatic rings. The molecule has 0 N–H and O–H groups in total. The van der Waals surface area contributed by atoms with Crippen molar-refractivity contribution in [3.05, 3.63) is 54.5 Å². The Morgan fingerprint density at radius 3 is 2.25 bits per heavy atom. The molecule has 0 saturated carbocycles. The van der Waals surface area contributed by atoms with Gasteiger partial charge in [-0.25, -0.2) is 9.97 Å². The van der Waals surface area contributed by atoms with Crippen molar-refractivity contribution in [2.75, 3.05) is 0 Å². The van der Waals surface area contributed by atoms with Crippen molar-refractivity contribution in [3.63, 3.8) is 0 Å². The first kappa shape index (κ1) is 12.7. The Morgan fingerprint density at radius 1 is 0.850 bits per heavy atom. The quantitative estimate of drug-likeness (QED) is 0.666. The van der Waals surface area contributed by atoms with Gasteiger partial charge in [-0.1, -0.05) is 39.0 Å². The van der Waals surface area contributed by atoms with E-state index in [0.29, 0.717) is 0 Å². The molecule has 3 nitrogen and oxygen atoms in total. The number of benzene rings is 1. The maximum absolute atomic E-state index is 4.80. The molecule has 0 bridgehead atoms. The number of aromatic nitrogens is 3. The molecule has 3 rings (SSSR count). The Morgan fingerprint density at radius 2 is 1.55 bits per heavy atom. The first-order valence-corrected chi connectivity index (χ1v) is 6.73. The molecule has 0 aliphatic rings. The third kappa shape index (κ3) is 2.27. The fourth-order valence-corrected chi connectivity index (χ4v) is 2.28. The summed E-state index contributed by atoms with van der Waals surface area (Å²) in [6.45, 7) is 6.54. The third-order valence-electron chi connectivity index (χ3n) is 3.25. The van der Waals surface area contributed by atoms with E-state index in [2.05, 4.69) is 36.8 Å². The fourth-order valence-electron chi connectivity index (χ4n) is 2.28. The lowest BCUT2D eigenvalue weighted by Crippen LogP contribution is -2.15. The summed E-state index contributed by atoms with van der Waals surface area (Å²) in [5, 5.41) is 1.12. The average molecular weight is 263 g/mol. The third-order valence-corrected chi connectivity index (χ3v) is 3.25. The van der Waals surface area contributed by atoms with Crippen LogP contribution in [-0.2, 0) is 5.41 Å². The largest absolute Gasteiger partial charge is 0.265 e. The van der Waals surface area contributed by atoms with Gasteiger partial charge in [-0.05, 0) is 18.2 Å². The van der Waals surface area contributed by atoms with Crippen LogP contribution < -0.4 is 0 Å². The smallest absolute Gasteiger partial charge is 0.160 e. The summed E-state index contributed by atoms with van der Waals surface area (Å²) >= 11 is 0. The molecule has 2 heterocycles. The van der Waals surface area contributed by atoms with E-state index < -0.39 is 0 Å². The molecule has 0 radical (unpaired) electrons. The summed E-state index contributed by atoms with van der Waals surface area (Å²) in [6, 6.07) is 12.1. The number of para-hydroxylation sites is 1. The summed E-state index contributed by atoms with van der Waals surface area (Å²) in [5.41, 5.74) is 3.04. The van der Waals surface area contributed by atoms with E-state index in [1.165, 1.54) is 0 Å². The second-order valence-corrected chi connectivity index (χ2v) is 5.90. The van der Waals surface area contributed by atoms with Gasteiger partial charge < -0.3 is 0 Å². The summed E-state index contributed by atoms with van der Waals surface area (Å²) < 4.78 is 0. The van der Waals surface area contributed by atoms with Crippen molar-refractivity contribution >= 4 is 10.9 Å². The van der Waals surface area contributed by atoms with E-state index in [4.69, 9.17) is 4.98 Å². The Kier molecular flexibility index (Phi) is 2.97. The van der Waals surface area contributed by atoms with Crippen LogP contribution in [0.3, 0.4) is 0 Å². The van der Waals surface area contributed by atoms with E-state index in [0.717, 1.165) is 28.0 Å². The van der Waals surface area contributed by atoms with Gasteiger partial charge in [0.2, 0.25) is 0 Å². The van der Waals surface area contributed by atoms with Gasteiger partial charge in [0.25, 0.3) is 0 Å². The molecule has 0 spiro atoms. The monoisotopic (exact) mass is 263 g/mol. The first-order valence-electron chi connectivity index (χ1n) is 6.73. The maximum Gasteiger partial charge on any atom is 0.160 e. The van der Waals surface area contributed by atoms with Crippen LogP contribution in [0.4, 0.5) is 0 Å². The Balaban J connectivity index is 2.31. The van der Waals surface area contributed by atoms with Gasteiger partial charge in [-0.2, -0.15) is 0 Å². The summed E-state index contributed by atoms with van der Waals surface area (Å²) in [5.74, 6) is 0.760. The topological polar surface area (TPSA) is 38.7 Å². The van der Waals surface area contributed by atoms with Crippen molar-refractivity contribution in [2.24, 2.45) is 0 Å². The summed E-state index contributed by atoms with van der Waals surface area (Å²) in [6.07, 6.45) is 3.54. The van der Waals surface area contributed by atoms with Crippen LogP contribution in [-0.4, -0.2) is 15.0 Å². The van der Waals surface area contributed by atoms with Crippen molar-refractivity contribution in [2.45, 2.75) is 26.2 Å². The highest BCUT2D eigenvalue weighted by molar-refractivity contribution is 5.83. The molecule has 100 valence electrons. The number of pyridine rings is 1. The molecule has 0 amide bonds. The SMILES string of the molecule is CC(C)(C)c1nc(-c2ccncc2)nc2ccccc12. The lowest BCUT2D eigenvalue weighted by molar-refractivity contribution is 0.575. The molecule has 0 aliphatic heterocycles. The zero-order chi connectivity index (χ0) is 14.2. The normalized spacial score (nSPS) is 11.8. The molecule has 0 fully saturated rings. The number of hydrogen-bond donors (Lipinski definition) is 0. The van der Waals surface area contributed by atoms with Crippen molar-refractivity contribution in [1.29, 1.82) is 0 Å². The Labute approximate surface area is 118 Å². The van der Waals surface area contributed by atoms with Crippen molar-refractivity contribution in [3.8, 4) is 11.4 Å². The van der Waals surface area contributed by atoms with Gasteiger partial charge in [0.15, 0.2) is 5.82 Å². The molecule has 0 aliphatic carbocycles. The van der Waals surface area contributed by atoms with Crippen LogP contribution in [0, 0.1) is 0 Å². The van der Waals surface area contributed by atoms with Gasteiger partial charge >= 0.3 is 0 Å². The standard InChI is InChI=1S/C17H17N3/c1-17(2,3)15-13-6-4-5-7-14(13)19-16(20-15)12-8-10-18-11-9-12/h4-11H,1-3H3. The van der Waals surface area contributed by atoms with Crippen LogP contribution in [0.1, 0.15) is 26.5 Å². The lowest BCUT2D eigenvalue weighted by atomic mass is 9.89. The van der Waals surface area contributed by atoms with Crippen LogP contribution in [0.15, 0.2) is 48.8 Å². The molecule has 1 aromatic carbocycles. The Hall–Kier alpha value is -2.29. The van der Waals surface area contributed by atoms with Crippen molar-refractivity contribution in [1.82, 2.24) is 15.0 Å². The average Bonchev–Trinajstić information content (AvgIpc) is 2.46. The molecular weight excluding hydrogens is 246 g/mol. The van der Waals surface area contributed by atoms with E-state index in [9.17, 15) is 0 Å². The number of fused-ring (bicyclic) bond motifs is 1. The number of nitrogens with zero attached hydrogens (tertiary/aromatic N) is 3. The minimum absolute atomic E-state index is 0.0235. The molecule has 0 unspecified atom stereocenters. The van der Waals surface area contributed by atoms with E-state index in [1.807, 2.05) is 30.3 Å². The molecule has 3 heteroatoms. The zero-order valence-corrected chi connectivity index (χ0v) is 12.0. The van der Waals surface area contributed by atoms with Gasteiger partial charge in [-0.15, -0.1) is 0 Å². The second kappa shape index (κ2) is 4.67. The zero-order valence-electron chi connectivity index (χ0n) is 12.0. The van der Waals surface area contributed by atoms with Gasteiger partial charge in [0.1, 0.15) is 0 Å². The first-order chi connectivity index (χ1) is 9.55. The predicted octanol–water partition coefficient (Wildman–Crippen LogP) is 3.99. The number of rotatable bonds is 1. The highest BCUT2D eigenvalue weighted by atomic mass is 14.9. The molecule has 0 saturated heterocycles. The predicted molar refractivity (Wildman–Crippen MR) is 81.5 cm³/mol. The molecular formula is C17H17N3. The van der Waals surface area contributed by atoms with Crippen LogP contribution in [0.2, 0.25) is 0 Å². The maximum atomic E-state index is 4.80. The van der Waals surface area contributed by atoms with E-state index >= 15 is 0 Å². The molecule has 2 aromatic heterocycles. The fraction of sp³-hybridized carbons (Fsp3) is 0.235. The minimum atomic E-state index is -0.0235. The minimum Gasteiger partial charge on any atom is -0.265 e.